The predicted molar refractivity (Wildman–Crippen MR) is 140 cm³/mol. The van der Waals surface area contributed by atoms with Gasteiger partial charge in [0.2, 0.25) is 17.7 Å². The highest BCUT2D eigenvalue weighted by Gasteiger charge is 2.36. The van der Waals surface area contributed by atoms with Crippen molar-refractivity contribution in [2.45, 2.75) is 98.3 Å². The molecule has 1 rings (SSSR count). The van der Waals surface area contributed by atoms with Gasteiger partial charge in [0.15, 0.2) is 0 Å². The molecule has 1 aromatic carbocycles. The van der Waals surface area contributed by atoms with Crippen LogP contribution in [0.25, 0.3) is 0 Å². The van der Waals surface area contributed by atoms with Crippen LogP contribution in [0.4, 0.5) is 4.79 Å². The van der Waals surface area contributed by atoms with E-state index in [-0.39, 0.29) is 25.3 Å². The number of ether oxygens (including phenoxy) is 1. The number of aryl methyl sites for hydroxylation is 2. The first-order valence-electron chi connectivity index (χ1n) is 12.7. The van der Waals surface area contributed by atoms with E-state index in [0.29, 0.717) is 18.5 Å². The number of nitrogens with one attached hydrogen (secondary N) is 2. The summed E-state index contributed by atoms with van der Waals surface area (Å²) in [6.07, 6.45) is 1.42. The van der Waals surface area contributed by atoms with Crippen LogP contribution in [0.5, 0.6) is 0 Å². The Labute approximate surface area is 215 Å². The SMILES string of the molecule is CCCCNC(=O)C(c1ccc(C)c(C)c1)N(CCC)C(=O)C(CCC(N)=O)NC(=O)OC(C)(C)C. The second-order valence-corrected chi connectivity index (χ2v) is 10.1. The standard InChI is InChI=1S/C27H44N4O5/c1-8-10-15-29-24(33)23(20-12-11-18(3)19(4)17-20)31(16-9-2)25(34)21(13-14-22(28)32)30-26(35)36-27(5,6)7/h11-12,17,21,23H,8-10,13-16H2,1-7H3,(H2,28,32)(H,29,33)(H,30,35). The van der Waals surface area contributed by atoms with Gasteiger partial charge in [-0.3, -0.25) is 14.4 Å². The van der Waals surface area contributed by atoms with E-state index >= 15 is 0 Å². The molecule has 0 aliphatic rings. The number of nitrogens with zero attached hydrogens (tertiary/aromatic N) is 1. The van der Waals surface area contributed by atoms with Gasteiger partial charge in [-0.15, -0.1) is 0 Å². The van der Waals surface area contributed by atoms with Crippen LogP contribution in [0.1, 0.15) is 89.5 Å². The van der Waals surface area contributed by atoms with Gasteiger partial charge in [0, 0.05) is 19.5 Å². The largest absolute Gasteiger partial charge is 0.444 e. The number of hydrogen-bond donors (Lipinski definition) is 3. The van der Waals surface area contributed by atoms with E-state index in [1.54, 1.807) is 20.8 Å². The molecule has 0 saturated heterocycles. The predicted octanol–water partition coefficient (Wildman–Crippen LogP) is 3.66. The highest BCUT2D eigenvalue weighted by Crippen LogP contribution is 2.26. The highest BCUT2D eigenvalue weighted by molar-refractivity contribution is 5.92. The lowest BCUT2D eigenvalue weighted by atomic mass is 9.97. The molecule has 9 nitrogen and oxygen atoms in total. The zero-order valence-electron chi connectivity index (χ0n) is 22.9. The zero-order valence-corrected chi connectivity index (χ0v) is 22.9. The lowest BCUT2D eigenvalue weighted by Crippen LogP contribution is -2.53. The molecule has 0 aromatic heterocycles. The molecule has 0 radical (unpaired) electrons. The lowest BCUT2D eigenvalue weighted by Gasteiger charge is -2.34. The molecule has 0 aliphatic heterocycles. The van der Waals surface area contributed by atoms with Gasteiger partial charge in [0.1, 0.15) is 17.7 Å². The molecule has 1 aromatic rings. The minimum Gasteiger partial charge on any atom is -0.444 e. The maximum Gasteiger partial charge on any atom is 0.408 e. The number of amides is 4. The van der Waals surface area contributed by atoms with Gasteiger partial charge in [-0.1, -0.05) is 38.5 Å². The Kier molecular flexibility index (Phi) is 12.4. The summed E-state index contributed by atoms with van der Waals surface area (Å²) >= 11 is 0. The zero-order chi connectivity index (χ0) is 27.5. The third kappa shape index (κ3) is 10.3. The Bertz CT molecular complexity index is 910. The number of rotatable bonds is 13. The summed E-state index contributed by atoms with van der Waals surface area (Å²) in [6, 6.07) is 3.70. The van der Waals surface area contributed by atoms with Gasteiger partial charge in [-0.25, -0.2) is 4.79 Å². The van der Waals surface area contributed by atoms with Gasteiger partial charge >= 0.3 is 6.09 Å². The van der Waals surface area contributed by atoms with E-state index in [4.69, 9.17) is 10.5 Å². The molecule has 0 saturated carbocycles. The maximum absolute atomic E-state index is 13.9. The number of nitrogens with two attached hydrogens (primary N) is 1. The van der Waals surface area contributed by atoms with Crippen LogP contribution < -0.4 is 16.4 Å². The molecule has 9 heteroatoms. The number of hydrogen-bond acceptors (Lipinski definition) is 5. The minimum absolute atomic E-state index is 0.00920. The number of primary amides is 1. The van der Waals surface area contributed by atoms with Crippen molar-refractivity contribution in [2.75, 3.05) is 13.1 Å². The summed E-state index contributed by atoms with van der Waals surface area (Å²) in [6.45, 7) is 13.8. The van der Waals surface area contributed by atoms with Gasteiger partial charge < -0.3 is 26.0 Å². The van der Waals surface area contributed by atoms with Crippen LogP contribution >= 0.6 is 0 Å². The van der Waals surface area contributed by atoms with Gasteiger partial charge in [-0.2, -0.15) is 0 Å². The van der Waals surface area contributed by atoms with Crippen molar-refractivity contribution >= 4 is 23.8 Å². The topological polar surface area (TPSA) is 131 Å². The summed E-state index contributed by atoms with van der Waals surface area (Å²) in [5, 5.41) is 5.55. The number of carbonyl (C=O) groups excluding carboxylic acids is 4. The average molecular weight is 505 g/mol. The fourth-order valence-corrected chi connectivity index (χ4v) is 3.69. The summed E-state index contributed by atoms with van der Waals surface area (Å²) in [5.74, 6) is -1.36. The quantitative estimate of drug-likeness (QED) is 0.353. The molecule has 4 N–H and O–H groups in total. The Morgan fingerprint density at radius 3 is 2.25 bits per heavy atom. The molecule has 2 atom stereocenters. The monoisotopic (exact) mass is 504 g/mol. The molecular weight excluding hydrogens is 460 g/mol. The molecule has 202 valence electrons. The van der Waals surface area contributed by atoms with Crippen LogP contribution in [0.3, 0.4) is 0 Å². The van der Waals surface area contributed by atoms with E-state index in [1.807, 2.05) is 45.9 Å². The number of unbranched alkanes of at least 4 members (excludes halogenated alkanes) is 1. The first kappa shape index (κ1) is 30.9. The first-order valence-corrected chi connectivity index (χ1v) is 12.7. The van der Waals surface area contributed by atoms with Gasteiger partial charge in [0.25, 0.3) is 0 Å². The molecule has 0 fully saturated rings. The maximum atomic E-state index is 13.9. The van der Waals surface area contributed by atoms with Crippen LogP contribution in [0.15, 0.2) is 18.2 Å². The van der Waals surface area contributed by atoms with Crippen LogP contribution in [0, 0.1) is 13.8 Å². The van der Waals surface area contributed by atoms with E-state index in [9.17, 15) is 19.2 Å². The number of carbonyl (C=O) groups is 4. The van der Waals surface area contributed by atoms with Crippen LogP contribution in [-0.4, -0.2) is 53.4 Å². The van der Waals surface area contributed by atoms with Crippen LogP contribution in [0.2, 0.25) is 0 Å². The molecule has 4 amide bonds. The summed E-state index contributed by atoms with van der Waals surface area (Å²) in [4.78, 5) is 52.8. The summed E-state index contributed by atoms with van der Waals surface area (Å²) in [7, 11) is 0. The van der Waals surface area contributed by atoms with Crippen LogP contribution in [-0.2, 0) is 19.1 Å². The summed E-state index contributed by atoms with van der Waals surface area (Å²) < 4.78 is 5.34. The fourth-order valence-electron chi connectivity index (χ4n) is 3.69. The molecule has 0 bridgehead atoms. The smallest absolute Gasteiger partial charge is 0.408 e. The van der Waals surface area contributed by atoms with Gasteiger partial charge in [0.05, 0.1) is 0 Å². The second kappa shape index (κ2) is 14.5. The van der Waals surface area contributed by atoms with Crippen molar-refractivity contribution in [3.05, 3.63) is 34.9 Å². The molecule has 0 heterocycles. The van der Waals surface area contributed by atoms with E-state index < -0.39 is 35.6 Å². The first-order chi connectivity index (χ1) is 16.8. The lowest BCUT2D eigenvalue weighted by molar-refractivity contribution is -0.142. The number of alkyl carbamates (subject to hydrolysis) is 1. The Morgan fingerprint density at radius 2 is 1.72 bits per heavy atom. The Morgan fingerprint density at radius 1 is 1.06 bits per heavy atom. The van der Waals surface area contributed by atoms with Crippen molar-refractivity contribution in [3.8, 4) is 0 Å². The minimum atomic E-state index is -1.09. The van der Waals surface area contributed by atoms with Crippen molar-refractivity contribution < 1.29 is 23.9 Å². The normalized spacial score (nSPS) is 12.9. The Hall–Kier alpha value is -3.10. The highest BCUT2D eigenvalue weighted by atomic mass is 16.6. The fraction of sp³-hybridized carbons (Fsp3) is 0.630. The molecule has 0 aliphatic carbocycles. The molecule has 36 heavy (non-hydrogen) atoms. The average Bonchev–Trinajstić information content (AvgIpc) is 2.77. The van der Waals surface area contributed by atoms with Crippen molar-refractivity contribution in [1.82, 2.24) is 15.5 Å². The Balaban J connectivity index is 3.43. The third-order valence-corrected chi connectivity index (χ3v) is 5.65. The molecule has 2 unspecified atom stereocenters. The van der Waals surface area contributed by atoms with Crippen molar-refractivity contribution in [1.29, 1.82) is 0 Å². The van der Waals surface area contributed by atoms with Gasteiger partial charge in [-0.05, 0) is 70.6 Å². The summed E-state index contributed by atoms with van der Waals surface area (Å²) in [5.41, 5.74) is 7.31. The van der Waals surface area contributed by atoms with E-state index in [0.717, 1.165) is 24.0 Å². The van der Waals surface area contributed by atoms with E-state index in [2.05, 4.69) is 10.6 Å². The molecular formula is C27H44N4O5. The van der Waals surface area contributed by atoms with Crippen molar-refractivity contribution in [3.63, 3.8) is 0 Å². The number of benzene rings is 1. The second-order valence-electron chi connectivity index (χ2n) is 10.1. The van der Waals surface area contributed by atoms with Crippen molar-refractivity contribution in [2.24, 2.45) is 5.73 Å². The molecule has 0 spiro atoms. The third-order valence-electron chi connectivity index (χ3n) is 5.65. The van der Waals surface area contributed by atoms with E-state index in [1.165, 1.54) is 4.90 Å².